The molecule has 1 aliphatic rings. The van der Waals surface area contributed by atoms with E-state index in [9.17, 15) is 5.26 Å². The Labute approximate surface area is 189 Å². The third kappa shape index (κ3) is 4.88. The maximum absolute atomic E-state index is 9.99. The fourth-order valence-corrected chi connectivity index (χ4v) is 4.05. The first-order valence-corrected chi connectivity index (χ1v) is 11.2. The molecule has 6 heteroatoms. The van der Waals surface area contributed by atoms with Crippen LogP contribution in [0, 0.1) is 11.3 Å². The minimum Gasteiger partial charge on any atom is -0.494 e. The van der Waals surface area contributed by atoms with Crippen molar-refractivity contribution >= 4 is 23.1 Å². The number of nitrogens with zero attached hydrogens (tertiary/aromatic N) is 2. The number of rotatable bonds is 7. The van der Waals surface area contributed by atoms with Gasteiger partial charge in [0.15, 0.2) is 0 Å². The molecular weight excluding hydrogens is 402 g/mol. The molecule has 1 aromatic heterocycles. The van der Waals surface area contributed by atoms with Crippen LogP contribution in [0.1, 0.15) is 58.1 Å². The highest BCUT2D eigenvalue weighted by Crippen LogP contribution is 2.38. The lowest BCUT2D eigenvalue weighted by molar-refractivity contribution is -0.122. The second kappa shape index (κ2) is 10.7. The maximum Gasteiger partial charge on any atom is 0.290 e. The second-order valence-corrected chi connectivity index (χ2v) is 8.28. The van der Waals surface area contributed by atoms with Crippen LogP contribution in [0.2, 0.25) is 0 Å². The Morgan fingerprint density at radius 3 is 2.47 bits per heavy atom. The van der Waals surface area contributed by atoms with Crippen LogP contribution >= 0.6 is 0 Å². The highest BCUT2D eigenvalue weighted by Gasteiger charge is 2.21. The van der Waals surface area contributed by atoms with Gasteiger partial charge in [-0.3, -0.25) is 4.79 Å². The lowest BCUT2D eigenvalue weighted by atomic mass is 9.93. The van der Waals surface area contributed by atoms with E-state index in [1.807, 2.05) is 12.1 Å². The third-order valence-corrected chi connectivity index (χ3v) is 5.71. The number of nitriles is 1. The second-order valence-electron chi connectivity index (χ2n) is 8.28. The van der Waals surface area contributed by atoms with E-state index in [0.717, 1.165) is 45.6 Å². The number of nitrogens with one attached hydrogen (secondary N) is 1. The largest absolute Gasteiger partial charge is 0.494 e. The molecular formula is C26H31N3O3. The number of hydrogen-bond acceptors (Lipinski definition) is 4. The van der Waals surface area contributed by atoms with Gasteiger partial charge in [0.1, 0.15) is 11.8 Å². The number of carboxylic acid groups (broad SMARTS) is 1. The van der Waals surface area contributed by atoms with E-state index in [0.29, 0.717) is 12.6 Å². The van der Waals surface area contributed by atoms with E-state index in [-0.39, 0.29) is 12.5 Å². The van der Waals surface area contributed by atoms with Gasteiger partial charge < -0.3 is 19.7 Å². The molecule has 168 valence electrons. The first-order valence-electron chi connectivity index (χ1n) is 11.2. The zero-order chi connectivity index (χ0) is 23.1. The minimum atomic E-state index is -0.250. The molecule has 2 N–H and O–H groups in total. The van der Waals surface area contributed by atoms with E-state index < -0.39 is 0 Å². The zero-order valence-electron chi connectivity index (χ0n) is 19.0. The van der Waals surface area contributed by atoms with Crippen LogP contribution in [0.5, 0.6) is 5.75 Å². The van der Waals surface area contributed by atoms with Gasteiger partial charge >= 0.3 is 0 Å². The Kier molecular flexibility index (Phi) is 7.77. The Morgan fingerprint density at radius 2 is 1.94 bits per heavy atom. The molecule has 1 saturated carbocycles. The fraction of sp³-hybridized carbons (Fsp3) is 0.385. The van der Waals surface area contributed by atoms with Crippen molar-refractivity contribution in [3.8, 4) is 23.1 Å². The van der Waals surface area contributed by atoms with Crippen LogP contribution in [-0.4, -0.2) is 28.8 Å². The molecule has 6 nitrogen and oxygen atoms in total. The van der Waals surface area contributed by atoms with Gasteiger partial charge in [0.25, 0.3) is 6.47 Å². The summed E-state index contributed by atoms with van der Waals surface area (Å²) in [6.07, 6.45) is 4.80. The maximum atomic E-state index is 9.99. The highest BCUT2D eigenvalue weighted by atomic mass is 16.5. The van der Waals surface area contributed by atoms with Crippen molar-refractivity contribution in [3.63, 3.8) is 0 Å². The van der Waals surface area contributed by atoms with Crippen LogP contribution in [0.25, 0.3) is 22.2 Å². The summed E-state index contributed by atoms with van der Waals surface area (Å²) in [6, 6.07) is 17.9. The molecule has 0 amide bonds. The fourth-order valence-electron chi connectivity index (χ4n) is 4.05. The van der Waals surface area contributed by atoms with Crippen LogP contribution in [0.3, 0.4) is 0 Å². The van der Waals surface area contributed by atoms with Gasteiger partial charge in [-0.25, -0.2) is 0 Å². The average Bonchev–Trinajstić information content (AvgIpc) is 3.09. The molecule has 2 aromatic carbocycles. The number of hydrogen-bond donors (Lipinski definition) is 2. The summed E-state index contributed by atoms with van der Waals surface area (Å²) in [5.74, 6) is 0.856. The predicted molar refractivity (Wildman–Crippen MR) is 128 cm³/mol. The Bertz CT molecular complexity index is 1090. The summed E-state index contributed by atoms with van der Waals surface area (Å²) in [5.41, 5.74) is 4.99. The molecule has 0 unspecified atom stereocenters. The van der Waals surface area contributed by atoms with E-state index in [1.54, 1.807) is 0 Å². The Morgan fingerprint density at radius 1 is 1.25 bits per heavy atom. The monoisotopic (exact) mass is 433 g/mol. The number of anilines is 1. The van der Waals surface area contributed by atoms with Gasteiger partial charge in [0.2, 0.25) is 0 Å². The van der Waals surface area contributed by atoms with Crippen molar-refractivity contribution in [2.24, 2.45) is 0 Å². The molecule has 0 bridgehead atoms. The standard InChI is InChI=1S/C25H29N3O.CH2O2/c1-4-14-29-21-12-13-22-23(16-26)25(28(17(2)3)24(22)15-21)18-8-10-20(11-9-18)27-19-6-5-7-19;2-1-3/h8-13,15,17,19,27H,4-7,14H2,1-3H3;1H,(H,2,3). The molecule has 1 fully saturated rings. The summed E-state index contributed by atoms with van der Waals surface area (Å²) in [6.45, 7) is 6.87. The molecule has 0 radical (unpaired) electrons. The highest BCUT2D eigenvalue weighted by molar-refractivity contribution is 5.95. The Balaban J connectivity index is 0.000000913. The summed E-state index contributed by atoms with van der Waals surface area (Å²) < 4.78 is 8.12. The van der Waals surface area contributed by atoms with Crippen molar-refractivity contribution in [3.05, 3.63) is 48.0 Å². The van der Waals surface area contributed by atoms with Gasteiger partial charge in [-0.05, 0) is 69.4 Å². The van der Waals surface area contributed by atoms with Gasteiger partial charge in [0, 0.05) is 29.2 Å². The number of benzene rings is 2. The molecule has 0 aliphatic heterocycles. The first-order chi connectivity index (χ1) is 15.5. The summed E-state index contributed by atoms with van der Waals surface area (Å²) in [7, 11) is 0. The smallest absolute Gasteiger partial charge is 0.290 e. The summed E-state index contributed by atoms with van der Waals surface area (Å²) in [5, 5.41) is 21.4. The number of carbonyl (C=O) groups is 1. The molecule has 0 saturated heterocycles. The lowest BCUT2D eigenvalue weighted by Gasteiger charge is -2.27. The van der Waals surface area contributed by atoms with Crippen molar-refractivity contribution < 1.29 is 14.6 Å². The molecule has 0 atom stereocenters. The van der Waals surface area contributed by atoms with Gasteiger partial charge in [0.05, 0.1) is 23.4 Å². The van der Waals surface area contributed by atoms with Gasteiger partial charge in [-0.2, -0.15) is 5.26 Å². The molecule has 32 heavy (non-hydrogen) atoms. The van der Waals surface area contributed by atoms with Crippen LogP contribution in [-0.2, 0) is 4.79 Å². The topological polar surface area (TPSA) is 87.3 Å². The van der Waals surface area contributed by atoms with Gasteiger partial charge in [-0.1, -0.05) is 19.1 Å². The number of aromatic nitrogens is 1. The Hall–Kier alpha value is -3.46. The molecule has 4 rings (SSSR count). The zero-order valence-corrected chi connectivity index (χ0v) is 19.0. The van der Waals surface area contributed by atoms with Crippen molar-refractivity contribution in [2.75, 3.05) is 11.9 Å². The van der Waals surface area contributed by atoms with E-state index in [1.165, 1.54) is 19.3 Å². The van der Waals surface area contributed by atoms with E-state index >= 15 is 0 Å². The first kappa shape index (κ1) is 23.2. The van der Waals surface area contributed by atoms with Crippen molar-refractivity contribution in [2.45, 2.75) is 58.5 Å². The third-order valence-electron chi connectivity index (χ3n) is 5.71. The molecule has 0 spiro atoms. The SMILES string of the molecule is CCCOc1ccc2c(C#N)c(-c3ccc(NC4CCC4)cc3)n(C(C)C)c2c1.O=CO. The quantitative estimate of drug-likeness (QED) is 0.432. The molecule has 3 aromatic rings. The lowest BCUT2D eigenvalue weighted by Crippen LogP contribution is -2.26. The van der Waals surface area contributed by atoms with Gasteiger partial charge in [-0.15, -0.1) is 0 Å². The average molecular weight is 434 g/mol. The van der Waals surface area contributed by atoms with Crippen molar-refractivity contribution in [1.29, 1.82) is 5.26 Å². The normalized spacial score (nSPS) is 13.1. The number of fused-ring (bicyclic) bond motifs is 1. The number of ether oxygens (including phenoxy) is 1. The predicted octanol–water partition coefficient (Wildman–Crippen LogP) is 6.21. The van der Waals surface area contributed by atoms with Crippen LogP contribution in [0.4, 0.5) is 5.69 Å². The summed E-state index contributed by atoms with van der Waals surface area (Å²) >= 11 is 0. The minimum absolute atomic E-state index is 0.226. The summed E-state index contributed by atoms with van der Waals surface area (Å²) in [4.78, 5) is 8.36. The van der Waals surface area contributed by atoms with Crippen LogP contribution < -0.4 is 10.1 Å². The van der Waals surface area contributed by atoms with Crippen LogP contribution in [0.15, 0.2) is 42.5 Å². The van der Waals surface area contributed by atoms with Crippen molar-refractivity contribution in [1.82, 2.24) is 4.57 Å². The molecule has 1 heterocycles. The molecule has 1 aliphatic carbocycles. The van der Waals surface area contributed by atoms with E-state index in [4.69, 9.17) is 14.6 Å². The van der Waals surface area contributed by atoms with E-state index in [2.05, 4.69) is 67.1 Å².